The second-order valence-corrected chi connectivity index (χ2v) is 3.48. The second-order valence-electron chi connectivity index (χ2n) is 2.46. The Labute approximate surface area is 79.9 Å². The van der Waals surface area contributed by atoms with Crippen molar-refractivity contribution in [3.63, 3.8) is 0 Å². The van der Waals surface area contributed by atoms with E-state index >= 15 is 0 Å². The molecule has 8 heteroatoms. The molecule has 0 spiro atoms. The minimum atomic E-state index is -4.69. The smallest absolute Gasteiger partial charge is 0.446 e. The van der Waals surface area contributed by atoms with Gasteiger partial charge >= 0.3 is 10.4 Å². The average Bonchev–Trinajstić information content (AvgIpc) is 1.97. The molecule has 1 aromatic rings. The Morgan fingerprint density at radius 2 is 1.71 bits per heavy atom. The van der Waals surface area contributed by atoms with Gasteiger partial charge in [0, 0.05) is 12.1 Å². The van der Waals surface area contributed by atoms with Gasteiger partial charge in [0.05, 0.1) is 11.4 Å². The van der Waals surface area contributed by atoms with Crippen LogP contribution in [0.3, 0.4) is 0 Å². The van der Waals surface area contributed by atoms with Gasteiger partial charge in [-0.05, 0) is 0 Å². The van der Waals surface area contributed by atoms with Crippen LogP contribution >= 0.6 is 0 Å². The van der Waals surface area contributed by atoms with Gasteiger partial charge in [0.15, 0.2) is 11.5 Å². The van der Waals surface area contributed by atoms with Crippen molar-refractivity contribution in [1.29, 1.82) is 0 Å². The van der Waals surface area contributed by atoms with Crippen LogP contribution in [0.2, 0.25) is 0 Å². The average molecular weight is 220 g/mol. The summed E-state index contributed by atoms with van der Waals surface area (Å²) in [6.07, 6.45) is 0. The summed E-state index contributed by atoms with van der Waals surface area (Å²) in [6.45, 7) is 0. The maximum absolute atomic E-state index is 10.3. The highest BCUT2D eigenvalue weighted by atomic mass is 32.3. The molecule has 1 rings (SSSR count). The van der Waals surface area contributed by atoms with E-state index in [4.69, 9.17) is 21.1 Å². The quantitative estimate of drug-likeness (QED) is 0.306. The van der Waals surface area contributed by atoms with Gasteiger partial charge < -0.3 is 20.8 Å². The molecule has 0 radical (unpaired) electrons. The first-order valence-electron chi connectivity index (χ1n) is 3.34. The number of benzene rings is 1. The van der Waals surface area contributed by atoms with E-state index in [-0.39, 0.29) is 11.4 Å². The van der Waals surface area contributed by atoms with Crippen molar-refractivity contribution >= 4 is 21.8 Å². The Morgan fingerprint density at radius 1 is 1.21 bits per heavy atom. The highest BCUT2D eigenvalue weighted by Gasteiger charge is 2.13. The Hall–Kier alpha value is -1.67. The normalized spacial score (nSPS) is 11.2. The van der Waals surface area contributed by atoms with Crippen molar-refractivity contribution in [3.05, 3.63) is 12.1 Å². The molecule has 0 aliphatic rings. The summed E-state index contributed by atoms with van der Waals surface area (Å²) in [5.74, 6) is -1.02. The number of rotatable bonds is 2. The molecule has 0 saturated heterocycles. The summed E-state index contributed by atoms with van der Waals surface area (Å²) in [7, 11) is -4.69. The lowest BCUT2D eigenvalue weighted by Crippen LogP contribution is -2.07. The molecule has 0 bridgehead atoms. The number of anilines is 2. The van der Waals surface area contributed by atoms with Crippen molar-refractivity contribution in [2.45, 2.75) is 0 Å². The predicted molar refractivity (Wildman–Crippen MR) is 49.1 cm³/mol. The number of aromatic hydroxyl groups is 1. The van der Waals surface area contributed by atoms with Crippen molar-refractivity contribution in [1.82, 2.24) is 0 Å². The molecule has 0 aromatic heterocycles. The third-order valence-corrected chi connectivity index (χ3v) is 1.75. The van der Waals surface area contributed by atoms with Crippen molar-refractivity contribution < 1.29 is 22.3 Å². The maximum Gasteiger partial charge on any atom is 0.446 e. The van der Waals surface area contributed by atoms with Crippen LogP contribution in [-0.2, 0) is 10.4 Å². The zero-order chi connectivity index (χ0) is 10.9. The van der Waals surface area contributed by atoms with Crippen LogP contribution in [-0.4, -0.2) is 18.1 Å². The summed E-state index contributed by atoms with van der Waals surface area (Å²) in [6, 6.07) is 1.99. The van der Waals surface area contributed by atoms with Crippen LogP contribution in [0.1, 0.15) is 0 Å². The van der Waals surface area contributed by atoms with Crippen molar-refractivity contribution in [2.75, 3.05) is 11.5 Å². The predicted octanol–water partition coefficient (Wildman–Crippen LogP) is -0.262. The van der Waals surface area contributed by atoms with E-state index in [1.807, 2.05) is 0 Å². The molecule has 0 aliphatic heterocycles. The topological polar surface area (TPSA) is 136 Å². The van der Waals surface area contributed by atoms with E-state index in [9.17, 15) is 8.42 Å². The fraction of sp³-hybridized carbons (Fsp3) is 0. The monoisotopic (exact) mass is 220 g/mol. The third kappa shape index (κ3) is 2.41. The van der Waals surface area contributed by atoms with Gasteiger partial charge in [0.1, 0.15) is 0 Å². The zero-order valence-corrected chi connectivity index (χ0v) is 7.65. The SMILES string of the molecule is Nc1cc(O)c(OS(=O)(=O)O)cc1N. The standard InChI is InChI=1S/C6H8N2O5S/c7-3-1-5(9)6(2-4(3)8)13-14(10,11)12/h1-2,9H,7-8H2,(H,10,11,12). The summed E-state index contributed by atoms with van der Waals surface area (Å²) in [5, 5.41) is 9.14. The number of hydrogen-bond acceptors (Lipinski definition) is 6. The summed E-state index contributed by atoms with van der Waals surface area (Å²) in [5.41, 5.74) is 10.7. The molecule has 14 heavy (non-hydrogen) atoms. The number of phenols is 1. The lowest BCUT2D eigenvalue weighted by molar-refractivity contribution is 0.371. The summed E-state index contributed by atoms with van der Waals surface area (Å²) < 4.78 is 32.9. The van der Waals surface area contributed by atoms with E-state index < -0.39 is 21.9 Å². The first-order valence-corrected chi connectivity index (χ1v) is 4.71. The van der Waals surface area contributed by atoms with Gasteiger partial charge in [-0.2, -0.15) is 8.42 Å². The Kier molecular flexibility index (Phi) is 2.41. The number of hydrogen-bond donors (Lipinski definition) is 4. The molecule has 0 amide bonds. The first kappa shape index (κ1) is 10.4. The fourth-order valence-corrected chi connectivity index (χ4v) is 1.14. The third-order valence-electron chi connectivity index (χ3n) is 1.36. The highest BCUT2D eigenvalue weighted by Crippen LogP contribution is 2.33. The lowest BCUT2D eigenvalue weighted by atomic mass is 10.2. The molecule has 0 aliphatic carbocycles. The first-order chi connectivity index (χ1) is 6.29. The maximum atomic E-state index is 10.3. The van der Waals surface area contributed by atoms with Gasteiger partial charge in [-0.1, -0.05) is 0 Å². The number of nitrogen functional groups attached to an aromatic ring is 2. The van der Waals surface area contributed by atoms with Gasteiger partial charge in [0.25, 0.3) is 0 Å². The van der Waals surface area contributed by atoms with E-state index in [2.05, 4.69) is 4.18 Å². The number of nitrogens with two attached hydrogens (primary N) is 2. The molecule has 0 fully saturated rings. The number of phenolic OH excluding ortho intramolecular Hbond substituents is 1. The molecule has 0 heterocycles. The van der Waals surface area contributed by atoms with Crippen LogP contribution in [0, 0.1) is 0 Å². The van der Waals surface area contributed by atoms with Crippen molar-refractivity contribution in [2.24, 2.45) is 0 Å². The molecule has 78 valence electrons. The molecule has 0 saturated carbocycles. The second kappa shape index (κ2) is 3.24. The zero-order valence-electron chi connectivity index (χ0n) is 6.84. The van der Waals surface area contributed by atoms with E-state index in [0.29, 0.717) is 0 Å². The molecular weight excluding hydrogens is 212 g/mol. The molecule has 1 aromatic carbocycles. The van der Waals surface area contributed by atoms with E-state index in [1.54, 1.807) is 0 Å². The largest absolute Gasteiger partial charge is 0.504 e. The summed E-state index contributed by atoms with van der Waals surface area (Å²) in [4.78, 5) is 0. The lowest BCUT2D eigenvalue weighted by Gasteiger charge is -2.06. The van der Waals surface area contributed by atoms with Crippen LogP contribution in [0.5, 0.6) is 11.5 Å². The van der Waals surface area contributed by atoms with Gasteiger partial charge in [-0.25, -0.2) is 0 Å². The van der Waals surface area contributed by atoms with Crippen LogP contribution in [0.15, 0.2) is 12.1 Å². The van der Waals surface area contributed by atoms with E-state index in [1.165, 1.54) is 0 Å². The van der Waals surface area contributed by atoms with Crippen LogP contribution in [0.4, 0.5) is 11.4 Å². The van der Waals surface area contributed by atoms with Gasteiger partial charge in [0.2, 0.25) is 0 Å². The minimum absolute atomic E-state index is 0.0291. The molecule has 0 unspecified atom stereocenters. The molecule has 6 N–H and O–H groups in total. The molecular formula is C6H8N2O5S. The Balaban J connectivity index is 3.17. The van der Waals surface area contributed by atoms with Gasteiger partial charge in [-0.3, -0.25) is 4.55 Å². The fourth-order valence-electron chi connectivity index (χ4n) is 0.780. The van der Waals surface area contributed by atoms with Crippen LogP contribution < -0.4 is 15.7 Å². The van der Waals surface area contributed by atoms with Crippen LogP contribution in [0.25, 0.3) is 0 Å². The molecule has 7 nitrogen and oxygen atoms in total. The van der Waals surface area contributed by atoms with Crippen molar-refractivity contribution in [3.8, 4) is 11.5 Å². The van der Waals surface area contributed by atoms with E-state index in [0.717, 1.165) is 12.1 Å². The Bertz CT molecular complexity index is 456. The highest BCUT2D eigenvalue weighted by molar-refractivity contribution is 7.81. The summed E-state index contributed by atoms with van der Waals surface area (Å²) >= 11 is 0. The molecule has 0 atom stereocenters. The van der Waals surface area contributed by atoms with Gasteiger partial charge in [-0.15, -0.1) is 0 Å². The Morgan fingerprint density at radius 3 is 2.21 bits per heavy atom. The minimum Gasteiger partial charge on any atom is -0.504 e.